The molecule has 1 aromatic heterocycles. The van der Waals surface area contributed by atoms with Gasteiger partial charge < -0.3 is 14.9 Å². The van der Waals surface area contributed by atoms with Crippen LogP contribution in [0.5, 0.6) is 0 Å². The van der Waals surface area contributed by atoms with Gasteiger partial charge in [-0.3, -0.25) is 29.3 Å². The Labute approximate surface area is 166 Å². The van der Waals surface area contributed by atoms with E-state index in [9.17, 15) is 43.1 Å². The van der Waals surface area contributed by atoms with E-state index in [0.717, 1.165) is 24.4 Å². The highest BCUT2D eigenvalue weighted by atomic mass is 32.2. The van der Waals surface area contributed by atoms with Gasteiger partial charge in [-0.2, -0.15) is 0 Å². The molecule has 2 heterocycles. The summed E-state index contributed by atoms with van der Waals surface area (Å²) >= 11 is 0. The molecular formula is C15H14N4O10S. The van der Waals surface area contributed by atoms with Crippen LogP contribution in [0.15, 0.2) is 51.0 Å². The molecule has 4 N–H and O–H groups in total. The van der Waals surface area contributed by atoms with Crippen molar-refractivity contribution >= 4 is 21.6 Å². The van der Waals surface area contributed by atoms with E-state index >= 15 is 0 Å². The van der Waals surface area contributed by atoms with E-state index < -0.39 is 67.2 Å². The molecule has 4 atom stereocenters. The minimum absolute atomic E-state index is 0.694. The molecule has 1 aromatic carbocycles. The topological polar surface area (TPSA) is 211 Å². The molecule has 30 heavy (non-hydrogen) atoms. The molecule has 1 fully saturated rings. The summed E-state index contributed by atoms with van der Waals surface area (Å²) in [6, 6.07) is 5.18. The number of ether oxygens (including phenoxy) is 1. The van der Waals surface area contributed by atoms with Crippen LogP contribution in [0.25, 0.3) is 0 Å². The van der Waals surface area contributed by atoms with Gasteiger partial charge in [0.05, 0.1) is 4.92 Å². The van der Waals surface area contributed by atoms with Crippen LogP contribution < -0.4 is 16.0 Å². The molecule has 160 valence electrons. The number of nitrogens with zero attached hydrogens (tertiary/aromatic N) is 2. The van der Waals surface area contributed by atoms with Gasteiger partial charge in [0.25, 0.3) is 27.2 Å². The molecule has 1 aliphatic heterocycles. The minimum Gasteiger partial charge on any atom is -0.387 e. The maximum Gasteiger partial charge on any atom is 0.330 e. The second kappa shape index (κ2) is 7.79. The van der Waals surface area contributed by atoms with Crippen LogP contribution in [0.2, 0.25) is 0 Å². The van der Waals surface area contributed by atoms with Gasteiger partial charge in [-0.1, -0.05) is 12.1 Å². The number of aliphatic hydroxyl groups excluding tert-OH is 2. The van der Waals surface area contributed by atoms with Gasteiger partial charge >= 0.3 is 5.69 Å². The standard InChI is InChI=1S/C15H14N4O10S/c20-9-5-6-18(15(24)16-9)14-11(22)10(21)12(29-14)13(23)17-30(27,28)8-4-2-1-3-7(8)19(25)26/h1-6,10-12,14,21-22H,(H,17,23)(H,16,20,24)/t10-,11+,12-,14+/m0/s1. The first kappa shape index (κ1) is 21.3. The number of hydrogen-bond donors (Lipinski definition) is 4. The lowest BCUT2D eigenvalue weighted by Crippen LogP contribution is -2.45. The van der Waals surface area contributed by atoms with E-state index in [1.165, 1.54) is 12.1 Å². The summed E-state index contributed by atoms with van der Waals surface area (Å²) < 4.78 is 32.2. The molecule has 1 saturated heterocycles. The van der Waals surface area contributed by atoms with Gasteiger partial charge in [-0.25, -0.2) is 17.9 Å². The first-order valence-corrected chi connectivity index (χ1v) is 9.64. The second-order valence-electron chi connectivity index (χ2n) is 6.14. The Kier molecular flexibility index (Phi) is 5.53. The molecule has 14 nitrogen and oxygen atoms in total. The van der Waals surface area contributed by atoms with Gasteiger partial charge in [-0.15, -0.1) is 0 Å². The molecule has 0 aliphatic carbocycles. The summed E-state index contributed by atoms with van der Waals surface area (Å²) in [4.78, 5) is 46.5. The van der Waals surface area contributed by atoms with Crippen LogP contribution in [-0.4, -0.2) is 57.3 Å². The van der Waals surface area contributed by atoms with E-state index in [2.05, 4.69) is 0 Å². The lowest BCUT2D eigenvalue weighted by Gasteiger charge is -2.16. The van der Waals surface area contributed by atoms with Crippen LogP contribution in [-0.2, 0) is 19.6 Å². The number of aromatic amines is 1. The first-order chi connectivity index (χ1) is 14.0. The van der Waals surface area contributed by atoms with Crippen molar-refractivity contribution in [1.29, 1.82) is 0 Å². The number of sulfonamides is 1. The SMILES string of the molecule is O=C(NS(=O)(=O)c1ccccc1[N+](=O)[O-])[C@H]1O[C@@H](n2ccc(=O)[nH]c2=O)[C@H](O)[C@@H]1O. The minimum atomic E-state index is -4.74. The van der Waals surface area contributed by atoms with Crippen molar-refractivity contribution in [2.45, 2.75) is 29.4 Å². The van der Waals surface area contributed by atoms with Crippen molar-refractivity contribution in [3.8, 4) is 0 Å². The average molecular weight is 442 g/mol. The predicted molar refractivity (Wildman–Crippen MR) is 95.7 cm³/mol. The Hall–Kier alpha value is -3.40. The first-order valence-electron chi connectivity index (χ1n) is 8.16. The van der Waals surface area contributed by atoms with E-state index in [4.69, 9.17) is 4.74 Å². The van der Waals surface area contributed by atoms with Crippen molar-refractivity contribution < 1.29 is 33.1 Å². The summed E-state index contributed by atoms with van der Waals surface area (Å²) in [7, 11) is -4.74. The van der Waals surface area contributed by atoms with Crippen LogP contribution in [0.1, 0.15) is 6.23 Å². The summed E-state index contributed by atoms with van der Waals surface area (Å²) in [5, 5.41) is 31.2. The van der Waals surface area contributed by atoms with Crippen molar-refractivity contribution in [2.75, 3.05) is 0 Å². The number of carbonyl (C=O) groups is 1. The number of aromatic nitrogens is 2. The predicted octanol–water partition coefficient (Wildman–Crippen LogP) is -2.43. The van der Waals surface area contributed by atoms with Crippen molar-refractivity contribution in [3.05, 3.63) is 67.5 Å². The zero-order valence-corrected chi connectivity index (χ0v) is 15.6. The third kappa shape index (κ3) is 3.86. The van der Waals surface area contributed by atoms with Gasteiger partial charge in [-0.05, 0) is 6.07 Å². The summed E-state index contributed by atoms with van der Waals surface area (Å²) in [6.07, 6.45) is -6.39. The maximum atomic E-state index is 12.4. The molecule has 1 amide bonds. The van der Waals surface area contributed by atoms with E-state index in [1.54, 1.807) is 4.72 Å². The summed E-state index contributed by atoms with van der Waals surface area (Å²) in [5.41, 5.74) is -2.54. The smallest absolute Gasteiger partial charge is 0.330 e. The Morgan fingerprint density at radius 2 is 1.87 bits per heavy atom. The molecule has 0 bridgehead atoms. The molecule has 3 rings (SSSR count). The fourth-order valence-electron chi connectivity index (χ4n) is 2.81. The van der Waals surface area contributed by atoms with Crippen molar-refractivity contribution in [1.82, 2.24) is 14.3 Å². The highest BCUT2D eigenvalue weighted by Crippen LogP contribution is 2.29. The third-order valence-electron chi connectivity index (χ3n) is 4.21. The van der Waals surface area contributed by atoms with Gasteiger partial charge in [0, 0.05) is 18.3 Å². The van der Waals surface area contributed by atoms with Crippen molar-refractivity contribution in [3.63, 3.8) is 0 Å². The molecule has 15 heteroatoms. The summed E-state index contributed by atoms with van der Waals surface area (Å²) in [5.74, 6) is -1.43. The Morgan fingerprint density at radius 1 is 1.20 bits per heavy atom. The average Bonchev–Trinajstić information content (AvgIpc) is 2.97. The van der Waals surface area contributed by atoms with Crippen LogP contribution in [0.4, 0.5) is 5.69 Å². The van der Waals surface area contributed by atoms with Gasteiger partial charge in [0.2, 0.25) is 0 Å². The molecule has 0 spiro atoms. The highest BCUT2D eigenvalue weighted by Gasteiger charge is 2.48. The number of benzene rings is 1. The Balaban J connectivity index is 1.86. The molecular weight excluding hydrogens is 428 g/mol. The van der Waals surface area contributed by atoms with E-state index in [-0.39, 0.29) is 0 Å². The number of nitro groups is 1. The number of amides is 1. The number of carbonyl (C=O) groups excluding carboxylic acids is 1. The lowest BCUT2D eigenvalue weighted by molar-refractivity contribution is -0.387. The van der Waals surface area contributed by atoms with Crippen molar-refractivity contribution in [2.24, 2.45) is 0 Å². The van der Waals surface area contributed by atoms with Crippen LogP contribution in [0.3, 0.4) is 0 Å². The zero-order chi connectivity index (χ0) is 22.2. The molecule has 0 saturated carbocycles. The number of hydrogen-bond acceptors (Lipinski definition) is 10. The fourth-order valence-corrected chi connectivity index (χ4v) is 3.98. The quantitative estimate of drug-likeness (QED) is 0.284. The van der Waals surface area contributed by atoms with Gasteiger partial charge in [0.15, 0.2) is 17.2 Å². The number of H-pyrrole nitrogens is 1. The molecule has 0 radical (unpaired) electrons. The second-order valence-corrected chi connectivity index (χ2v) is 7.79. The monoisotopic (exact) mass is 442 g/mol. The number of para-hydroxylation sites is 1. The van der Waals surface area contributed by atoms with Crippen LogP contribution >= 0.6 is 0 Å². The van der Waals surface area contributed by atoms with Crippen LogP contribution in [0, 0.1) is 10.1 Å². The lowest BCUT2D eigenvalue weighted by atomic mass is 10.1. The number of rotatable bonds is 5. The fraction of sp³-hybridized carbons (Fsp3) is 0.267. The zero-order valence-electron chi connectivity index (χ0n) is 14.7. The molecule has 0 unspecified atom stereocenters. The number of nitro benzene ring substituents is 1. The van der Waals surface area contributed by atoms with E-state index in [1.807, 2.05) is 4.98 Å². The number of aliphatic hydroxyl groups is 2. The Morgan fingerprint density at radius 3 is 2.50 bits per heavy atom. The third-order valence-corrected chi connectivity index (χ3v) is 5.60. The van der Waals surface area contributed by atoms with E-state index in [0.29, 0.717) is 4.57 Å². The summed E-state index contributed by atoms with van der Waals surface area (Å²) in [6.45, 7) is 0. The normalized spacial score (nSPS) is 23.8. The largest absolute Gasteiger partial charge is 0.387 e. The maximum absolute atomic E-state index is 12.4. The Bertz CT molecular complexity index is 1220. The molecule has 2 aromatic rings. The highest BCUT2D eigenvalue weighted by molar-refractivity contribution is 7.90. The van der Waals surface area contributed by atoms with Gasteiger partial charge in [0.1, 0.15) is 12.2 Å². The number of nitrogens with one attached hydrogen (secondary N) is 2. The molecule has 1 aliphatic rings.